The Morgan fingerprint density at radius 1 is 0.742 bits per heavy atom. The third kappa shape index (κ3) is 5.85. The van der Waals surface area contributed by atoms with Crippen LogP contribution in [0, 0.1) is 0 Å². The molecule has 2 aromatic heterocycles. The standard InChI is InChI=1S/2C9H8N2O.C2HF3O2/c2*10-9(12)7-3-1-2-6-4-5-11-8(6)7;3-2(4,5)1(6)7/h2*1-5,11H,(H2,10,12);(H,6,7). The second-order valence-electron chi connectivity index (χ2n) is 6.03. The van der Waals surface area contributed by atoms with E-state index in [1.165, 1.54) is 0 Å². The zero-order valence-corrected chi connectivity index (χ0v) is 15.7. The van der Waals surface area contributed by atoms with Crippen molar-refractivity contribution in [3.63, 3.8) is 0 Å². The quantitative estimate of drug-likeness (QED) is 0.329. The second-order valence-corrected chi connectivity index (χ2v) is 6.03. The van der Waals surface area contributed by atoms with Crippen LogP contribution < -0.4 is 11.5 Å². The van der Waals surface area contributed by atoms with Crippen molar-refractivity contribution in [1.29, 1.82) is 0 Å². The molecule has 0 radical (unpaired) electrons. The van der Waals surface area contributed by atoms with Gasteiger partial charge in [0.1, 0.15) is 0 Å². The summed E-state index contributed by atoms with van der Waals surface area (Å²) in [6, 6.07) is 14.7. The number of aliphatic carboxylic acids is 1. The number of carbonyl (C=O) groups excluding carboxylic acids is 2. The van der Waals surface area contributed by atoms with Crippen molar-refractivity contribution in [3.05, 3.63) is 72.1 Å². The van der Waals surface area contributed by atoms with Crippen LogP contribution in [-0.4, -0.2) is 39.0 Å². The third-order valence-corrected chi connectivity index (χ3v) is 3.95. The SMILES string of the molecule is NC(=O)c1cccc2cc[nH]c12.NC(=O)c1cccc2cc[nH]c12.O=C(O)C(F)(F)F. The third-order valence-electron chi connectivity index (χ3n) is 3.95. The van der Waals surface area contributed by atoms with Crippen LogP contribution in [-0.2, 0) is 4.79 Å². The molecule has 0 spiro atoms. The predicted molar refractivity (Wildman–Crippen MR) is 107 cm³/mol. The summed E-state index contributed by atoms with van der Waals surface area (Å²) >= 11 is 0. The van der Waals surface area contributed by atoms with E-state index in [1.807, 2.05) is 36.4 Å². The highest BCUT2D eigenvalue weighted by atomic mass is 19.4. The Morgan fingerprint density at radius 3 is 1.39 bits per heavy atom. The molecule has 31 heavy (non-hydrogen) atoms. The minimum Gasteiger partial charge on any atom is -0.475 e. The molecule has 4 rings (SSSR count). The summed E-state index contributed by atoms with van der Waals surface area (Å²) in [5.74, 6) is -3.56. The van der Waals surface area contributed by atoms with Crippen molar-refractivity contribution >= 4 is 39.6 Å². The molecular weight excluding hydrogens is 417 g/mol. The first-order valence-corrected chi connectivity index (χ1v) is 8.54. The Kier molecular flexibility index (Phi) is 7.03. The average Bonchev–Trinajstić information content (AvgIpc) is 3.36. The van der Waals surface area contributed by atoms with Gasteiger partial charge in [0.15, 0.2) is 0 Å². The number of fused-ring (bicyclic) bond motifs is 2. The summed E-state index contributed by atoms with van der Waals surface area (Å²) in [4.78, 5) is 36.7. The van der Waals surface area contributed by atoms with Gasteiger partial charge >= 0.3 is 12.1 Å². The highest BCUT2D eigenvalue weighted by Crippen LogP contribution is 2.17. The summed E-state index contributed by atoms with van der Waals surface area (Å²) in [6.45, 7) is 0. The zero-order valence-electron chi connectivity index (χ0n) is 15.7. The fraction of sp³-hybridized carbons (Fsp3) is 0.0500. The Labute approximate surface area is 172 Å². The Morgan fingerprint density at radius 2 is 1.10 bits per heavy atom. The summed E-state index contributed by atoms with van der Waals surface area (Å²) in [7, 11) is 0. The highest BCUT2D eigenvalue weighted by molar-refractivity contribution is 6.05. The van der Waals surface area contributed by atoms with Gasteiger partial charge in [0.25, 0.3) is 11.8 Å². The molecule has 0 aliphatic carbocycles. The number of hydrogen-bond donors (Lipinski definition) is 5. The minimum absolute atomic E-state index is 0.400. The molecular formula is C20H17F3N4O4. The molecule has 2 amide bonds. The van der Waals surface area contributed by atoms with E-state index in [2.05, 4.69) is 9.97 Å². The Bertz CT molecular complexity index is 1140. The topological polar surface area (TPSA) is 155 Å². The van der Waals surface area contributed by atoms with Crippen LogP contribution >= 0.6 is 0 Å². The molecule has 0 aliphatic rings. The lowest BCUT2D eigenvalue weighted by molar-refractivity contribution is -0.192. The fourth-order valence-corrected chi connectivity index (χ4v) is 2.58. The van der Waals surface area contributed by atoms with Crippen LogP contribution in [0.4, 0.5) is 13.2 Å². The average molecular weight is 434 g/mol. The van der Waals surface area contributed by atoms with Gasteiger partial charge in [0.05, 0.1) is 22.2 Å². The lowest BCUT2D eigenvalue weighted by Gasteiger charge is -1.96. The van der Waals surface area contributed by atoms with Gasteiger partial charge in [0, 0.05) is 23.2 Å². The number of benzene rings is 2. The van der Waals surface area contributed by atoms with Gasteiger partial charge in [-0.3, -0.25) is 9.59 Å². The number of alkyl halides is 3. The predicted octanol–water partition coefficient (Wildman–Crippen LogP) is 3.17. The van der Waals surface area contributed by atoms with Crippen molar-refractivity contribution in [3.8, 4) is 0 Å². The minimum atomic E-state index is -5.08. The molecule has 0 fully saturated rings. The first-order valence-electron chi connectivity index (χ1n) is 8.54. The summed E-state index contributed by atoms with van der Waals surface area (Å²) < 4.78 is 31.7. The van der Waals surface area contributed by atoms with E-state index in [0.29, 0.717) is 11.1 Å². The Balaban J connectivity index is 0.000000173. The number of aromatic amines is 2. The van der Waals surface area contributed by atoms with Crippen molar-refractivity contribution in [1.82, 2.24) is 9.97 Å². The fourth-order valence-electron chi connectivity index (χ4n) is 2.58. The van der Waals surface area contributed by atoms with Crippen molar-refractivity contribution in [2.75, 3.05) is 0 Å². The van der Waals surface area contributed by atoms with Crippen LogP contribution in [0.3, 0.4) is 0 Å². The molecule has 162 valence electrons. The number of amides is 2. The van der Waals surface area contributed by atoms with Crippen LogP contribution in [0.5, 0.6) is 0 Å². The van der Waals surface area contributed by atoms with Crippen LogP contribution in [0.15, 0.2) is 60.9 Å². The molecule has 0 saturated heterocycles. The number of para-hydroxylation sites is 2. The molecule has 0 unspecified atom stereocenters. The normalized spacial score (nSPS) is 10.5. The number of carboxylic acids is 1. The van der Waals surface area contributed by atoms with Crippen molar-refractivity contribution in [2.45, 2.75) is 6.18 Å². The number of rotatable bonds is 2. The number of carbonyl (C=O) groups is 3. The van der Waals surface area contributed by atoms with E-state index in [-0.39, 0.29) is 0 Å². The van der Waals surface area contributed by atoms with Crippen molar-refractivity contribution in [2.24, 2.45) is 11.5 Å². The van der Waals surface area contributed by atoms with Crippen LogP contribution in [0.25, 0.3) is 21.8 Å². The lowest BCUT2D eigenvalue weighted by Crippen LogP contribution is -2.21. The Hall–Kier alpha value is -4.28. The highest BCUT2D eigenvalue weighted by Gasteiger charge is 2.38. The molecule has 4 aromatic rings. The molecule has 8 nitrogen and oxygen atoms in total. The summed E-state index contributed by atoms with van der Waals surface area (Å²) in [5.41, 5.74) is 13.1. The number of primary amides is 2. The smallest absolute Gasteiger partial charge is 0.475 e. The molecule has 0 atom stereocenters. The maximum Gasteiger partial charge on any atom is 0.490 e. The van der Waals surface area contributed by atoms with Crippen LogP contribution in [0.1, 0.15) is 20.7 Å². The molecule has 2 aromatic carbocycles. The summed E-state index contributed by atoms with van der Waals surface area (Å²) in [6.07, 6.45) is -1.51. The van der Waals surface area contributed by atoms with E-state index in [0.717, 1.165) is 21.8 Å². The molecule has 7 N–H and O–H groups in total. The number of nitrogens with one attached hydrogen (secondary N) is 2. The van der Waals surface area contributed by atoms with Gasteiger partial charge in [-0.15, -0.1) is 0 Å². The van der Waals surface area contributed by atoms with E-state index < -0.39 is 24.0 Å². The lowest BCUT2D eigenvalue weighted by atomic mass is 10.1. The number of halogens is 3. The van der Waals surface area contributed by atoms with Gasteiger partial charge in [0.2, 0.25) is 0 Å². The molecule has 0 aliphatic heterocycles. The number of carboxylic acid groups (broad SMARTS) is 1. The van der Waals surface area contributed by atoms with E-state index in [9.17, 15) is 22.8 Å². The number of nitrogens with two attached hydrogens (primary N) is 2. The first kappa shape index (κ1) is 23.0. The maximum atomic E-state index is 10.9. The first-order chi connectivity index (χ1) is 14.5. The zero-order chi connectivity index (χ0) is 23.2. The molecule has 2 heterocycles. The van der Waals surface area contributed by atoms with Gasteiger partial charge < -0.3 is 26.5 Å². The number of aromatic nitrogens is 2. The van der Waals surface area contributed by atoms with Gasteiger partial charge in [-0.25, -0.2) is 4.79 Å². The molecule has 0 bridgehead atoms. The number of H-pyrrole nitrogens is 2. The van der Waals surface area contributed by atoms with E-state index in [4.69, 9.17) is 21.4 Å². The second kappa shape index (κ2) is 9.48. The monoisotopic (exact) mass is 434 g/mol. The van der Waals surface area contributed by atoms with Gasteiger partial charge in [-0.2, -0.15) is 13.2 Å². The van der Waals surface area contributed by atoms with E-state index in [1.54, 1.807) is 24.5 Å². The van der Waals surface area contributed by atoms with Gasteiger partial charge in [-0.1, -0.05) is 24.3 Å². The van der Waals surface area contributed by atoms with Crippen LogP contribution in [0.2, 0.25) is 0 Å². The molecule has 11 heteroatoms. The summed E-state index contributed by atoms with van der Waals surface area (Å²) in [5, 5.41) is 9.14. The molecule has 0 saturated carbocycles. The van der Waals surface area contributed by atoms with Gasteiger partial charge in [-0.05, 0) is 24.3 Å². The van der Waals surface area contributed by atoms with E-state index >= 15 is 0 Å². The largest absolute Gasteiger partial charge is 0.490 e. The maximum absolute atomic E-state index is 10.9. The van der Waals surface area contributed by atoms with Crippen molar-refractivity contribution < 1.29 is 32.7 Å². The number of hydrogen-bond acceptors (Lipinski definition) is 3.